The van der Waals surface area contributed by atoms with Crippen LogP contribution >= 0.6 is 0 Å². The number of nitrogens with zero attached hydrogens (tertiary/aromatic N) is 1. The summed E-state index contributed by atoms with van der Waals surface area (Å²) in [6.07, 6.45) is 3.37. The zero-order valence-corrected chi connectivity index (χ0v) is 17.9. The molecule has 0 saturated carbocycles. The molecule has 0 bridgehead atoms. The Morgan fingerprint density at radius 1 is 0.788 bits per heavy atom. The van der Waals surface area contributed by atoms with E-state index < -0.39 is 0 Å². The number of anilines is 1. The number of rotatable bonds is 8. The number of hydrogen-bond donors (Lipinski definition) is 2. The monoisotopic (exact) mass is 437 g/mol. The number of aromatic nitrogens is 1. The molecule has 0 aliphatic rings. The van der Waals surface area contributed by atoms with Crippen molar-refractivity contribution in [2.45, 2.75) is 13.2 Å². The lowest BCUT2D eigenvalue weighted by atomic mass is 10.1. The van der Waals surface area contributed by atoms with Crippen molar-refractivity contribution in [3.8, 4) is 5.75 Å². The minimum absolute atomic E-state index is 0.283. The first-order valence-electron chi connectivity index (χ1n) is 10.5. The van der Waals surface area contributed by atoms with E-state index in [-0.39, 0.29) is 11.8 Å². The molecule has 2 N–H and O–H groups in total. The van der Waals surface area contributed by atoms with Crippen molar-refractivity contribution in [1.29, 1.82) is 0 Å². The Morgan fingerprint density at radius 3 is 2.39 bits per heavy atom. The second kappa shape index (κ2) is 10.7. The molecule has 1 aromatic heterocycles. The first-order valence-corrected chi connectivity index (χ1v) is 10.5. The van der Waals surface area contributed by atoms with Crippen LogP contribution in [0, 0.1) is 0 Å². The summed E-state index contributed by atoms with van der Waals surface area (Å²) in [5.74, 6) is -0.0172. The quantitative estimate of drug-likeness (QED) is 0.413. The molecule has 0 atom stereocenters. The van der Waals surface area contributed by atoms with Gasteiger partial charge < -0.3 is 15.4 Å². The van der Waals surface area contributed by atoms with Crippen LogP contribution in [0.15, 0.2) is 103 Å². The van der Waals surface area contributed by atoms with Crippen LogP contribution in [0.1, 0.15) is 31.8 Å². The number of ether oxygens (including phenoxy) is 1. The number of amides is 2. The first kappa shape index (κ1) is 21.8. The molecule has 0 fully saturated rings. The van der Waals surface area contributed by atoms with Crippen molar-refractivity contribution in [1.82, 2.24) is 10.3 Å². The van der Waals surface area contributed by atoms with Gasteiger partial charge in [0.2, 0.25) is 0 Å². The zero-order chi connectivity index (χ0) is 22.9. The molecular weight excluding hydrogens is 414 g/mol. The summed E-state index contributed by atoms with van der Waals surface area (Å²) in [5, 5.41) is 5.70. The van der Waals surface area contributed by atoms with E-state index in [1.165, 1.54) is 0 Å². The molecule has 4 aromatic rings. The largest absolute Gasteiger partial charge is 0.489 e. The fraction of sp³-hybridized carbons (Fsp3) is 0.0741. The Balaban J connectivity index is 1.42. The van der Waals surface area contributed by atoms with Crippen LogP contribution in [0.4, 0.5) is 5.69 Å². The van der Waals surface area contributed by atoms with Crippen molar-refractivity contribution in [2.24, 2.45) is 0 Å². The van der Waals surface area contributed by atoms with Gasteiger partial charge in [0.1, 0.15) is 12.4 Å². The lowest BCUT2D eigenvalue weighted by Gasteiger charge is -2.12. The van der Waals surface area contributed by atoms with Gasteiger partial charge in [0, 0.05) is 24.5 Å². The molecule has 4 rings (SSSR count). The summed E-state index contributed by atoms with van der Waals surface area (Å²) >= 11 is 0. The van der Waals surface area contributed by atoms with Gasteiger partial charge in [0.05, 0.1) is 11.3 Å². The number of para-hydroxylation sites is 1. The fourth-order valence-corrected chi connectivity index (χ4v) is 3.23. The molecule has 0 unspecified atom stereocenters. The Morgan fingerprint density at radius 2 is 1.58 bits per heavy atom. The normalized spacial score (nSPS) is 10.3. The van der Waals surface area contributed by atoms with Crippen molar-refractivity contribution >= 4 is 17.5 Å². The van der Waals surface area contributed by atoms with E-state index in [2.05, 4.69) is 15.6 Å². The van der Waals surface area contributed by atoms with Gasteiger partial charge in [-0.3, -0.25) is 14.6 Å². The zero-order valence-electron chi connectivity index (χ0n) is 17.9. The number of hydrogen-bond acceptors (Lipinski definition) is 4. The number of nitrogens with one attached hydrogen (secondary N) is 2. The smallest absolute Gasteiger partial charge is 0.255 e. The van der Waals surface area contributed by atoms with E-state index in [4.69, 9.17) is 4.74 Å². The maximum absolute atomic E-state index is 12.9. The van der Waals surface area contributed by atoms with Gasteiger partial charge in [-0.1, -0.05) is 54.6 Å². The molecule has 6 nitrogen and oxygen atoms in total. The van der Waals surface area contributed by atoms with Crippen LogP contribution in [0.25, 0.3) is 0 Å². The van der Waals surface area contributed by atoms with Gasteiger partial charge in [0.15, 0.2) is 0 Å². The maximum atomic E-state index is 12.9. The van der Waals surface area contributed by atoms with Crippen LogP contribution in [0.5, 0.6) is 5.75 Å². The lowest BCUT2D eigenvalue weighted by Crippen LogP contribution is -2.25. The van der Waals surface area contributed by atoms with Crippen LogP contribution in [0.3, 0.4) is 0 Å². The average Bonchev–Trinajstić information content (AvgIpc) is 2.88. The van der Waals surface area contributed by atoms with E-state index in [1.54, 1.807) is 60.9 Å². The Labute approximate surface area is 192 Å². The third kappa shape index (κ3) is 6.04. The SMILES string of the molecule is O=C(Nc1ccccc1C(=O)NCc1cccnc1)c1cccc(OCc2ccccc2)c1. The van der Waals surface area contributed by atoms with E-state index in [0.29, 0.717) is 35.7 Å². The van der Waals surface area contributed by atoms with Gasteiger partial charge in [0.25, 0.3) is 11.8 Å². The summed E-state index contributed by atoms with van der Waals surface area (Å²) < 4.78 is 5.82. The summed E-state index contributed by atoms with van der Waals surface area (Å²) in [5.41, 5.74) is 3.18. The van der Waals surface area contributed by atoms with Crippen molar-refractivity contribution in [3.63, 3.8) is 0 Å². The lowest BCUT2D eigenvalue weighted by molar-refractivity contribution is 0.0951. The molecule has 1 heterocycles. The number of pyridine rings is 1. The van der Waals surface area contributed by atoms with Gasteiger partial charge in [-0.25, -0.2) is 0 Å². The molecule has 0 aliphatic heterocycles. The van der Waals surface area contributed by atoms with Crippen molar-refractivity contribution in [2.75, 3.05) is 5.32 Å². The predicted octanol–water partition coefficient (Wildman–Crippen LogP) is 4.84. The highest BCUT2D eigenvalue weighted by Gasteiger charge is 2.14. The summed E-state index contributed by atoms with van der Waals surface area (Å²) in [7, 11) is 0. The van der Waals surface area contributed by atoms with Gasteiger partial charge >= 0.3 is 0 Å². The highest BCUT2D eigenvalue weighted by molar-refractivity contribution is 6.09. The first-order chi connectivity index (χ1) is 16.2. The number of carbonyl (C=O) groups excluding carboxylic acids is 2. The Hall–Kier alpha value is -4.45. The topological polar surface area (TPSA) is 80.3 Å². The fourth-order valence-electron chi connectivity index (χ4n) is 3.23. The molecule has 0 spiro atoms. The van der Waals surface area contributed by atoms with Gasteiger partial charge in [-0.2, -0.15) is 0 Å². The number of carbonyl (C=O) groups is 2. The van der Waals surface area contributed by atoms with Crippen LogP contribution in [0.2, 0.25) is 0 Å². The predicted molar refractivity (Wildman–Crippen MR) is 127 cm³/mol. The van der Waals surface area contributed by atoms with Gasteiger partial charge in [-0.15, -0.1) is 0 Å². The second-order valence-electron chi connectivity index (χ2n) is 7.35. The molecule has 33 heavy (non-hydrogen) atoms. The highest BCUT2D eigenvalue weighted by atomic mass is 16.5. The van der Waals surface area contributed by atoms with Crippen LogP contribution < -0.4 is 15.4 Å². The third-order valence-electron chi connectivity index (χ3n) is 4.94. The minimum Gasteiger partial charge on any atom is -0.489 e. The molecule has 3 aromatic carbocycles. The summed E-state index contributed by atoms with van der Waals surface area (Å²) in [6, 6.07) is 27.4. The van der Waals surface area contributed by atoms with Crippen molar-refractivity contribution in [3.05, 3.63) is 126 Å². The van der Waals surface area contributed by atoms with Crippen molar-refractivity contribution < 1.29 is 14.3 Å². The molecule has 6 heteroatoms. The van der Waals surface area contributed by atoms with Crippen LogP contribution in [-0.4, -0.2) is 16.8 Å². The van der Waals surface area contributed by atoms with E-state index in [9.17, 15) is 9.59 Å². The molecule has 0 aliphatic carbocycles. The third-order valence-corrected chi connectivity index (χ3v) is 4.94. The molecule has 2 amide bonds. The Kier molecular flexibility index (Phi) is 7.08. The van der Waals surface area contributed by atoms with Gasteiger partial charge in [-0.05, 0) is 47.5 Å². The summed E-state index contributed by atoms with van der Waals surface area (Å²) in [4.78, 5) is 29.7. The average molecular weight is 437 g/mol. The standard InChI is InChI=1S/C27H23N3O3/c31-26(22-11-6-12-23(16-22)33-19-20-8-2-1-3-9-20)30-25-14-5-4-13-24(25)27(32)29-18-21-10-7-15-28-17-21/h1-17H,18-19H2,(H,29,32)(H,30,31). The van der Waals surface area contributed by atoms with E-state index in [0.717, 1.165) is 11.1 Å². The minimum atomic E-state index is -0.326. The molecular formula is C27H23N3O3. The molecule has 164 valence electrons. The van der Waals surface area contributed by atoms with E-state index in [1.807, 2.05) is 42.5 Å². The Bertz CT molecular complexity index is 1230. The summed E-state index contributed by atoms with van der Waals surface area (Å²) in [6.45, 7) is 0.752. The number of benzene rings is 3. The molecule has 0 radical (unpaired) electrons. The second-order valence-corrected chi connectivity index (χ2v) is 7.35. The molecule has 0 saturated heterocycles. The maximum Gasteiger partial charge on any atom is 0.255 e. The van der Waals surface area contributed by atoms with Crippen LogP contribution in [-0.2, 0) is 13.2 Å². The highest BCUT2D eigenvalue weighted by Crippen LogP contribution is 2.19. The van der Waals surface area contributed by atoms with E-state index >= 15 is 0 Å².